The van der Waals surface area contributed by atoms with Crippen molar-refractivity contribution in [3.63, 3.8) is 0 Å². The van der Waals surface area contributed by atoms with E-state index in [1.165, 1.54) is 68.4 Å². The summed E-state index contributed by atoms with van der Waals surface area (Å²) in [7, 11) is 0. The molecule has 2 heterocycles. The Balaban J connectivity index is 0.00000107. The van der Waals surface area contributed by atoms with E-state index < -0.39 is 59.4 Å². The highest BCUT2D eigenvalue weighted by Gasteiger charge is 2.46. The minimum Gasteiger partial charge on any atom is -0.347 e. The number of likely N-dealkylation sites (tertiary alicyclic amines) is 1. The third kappa shape index (κ3) is 17.1. The van der Waals surface area contributed by atoms with Gasteiger partial charge in [0.2, 0.25) is 23.5 Å². The lowest BCUT2D eigenvalue weighted by Gasteiger charge is -2.36. The molecule has 1 saturated heterocycles. The maximum absolute atomic E-state index is 13.9. The molecule has 13 nitrogen and oxygen atoms in total. The number of carbonyl (C=O) groups is 6. The number of rotatable bonds is 13. The molecule has 1 aromatic heterocycles. The summed E-state index contributed by atoms with van der Waals surface area (Å²) >= 11 is 0. The van der Waals surface area contributed by atoms with Gasteiger partial charge >= 0.3 is 0 Å². The number of ketones is 1. The maximum Gasteiger partial charge on any atom is 0.289 e. The van der Waals surface area contributed by atoms with Crippen LogP contribution >= 0.6 is 0 Å². The second kappa shape index (κ2) is 25.1. The fourth-order valence-corrected chi connectivity index (χ4v) is 5.83. The van der Waals surface area contributed by atoms with Gasteiger partial charge in [-0.1, -0.05) is 113 Å². The van der Waals surface area contributed by atoms with Crippen molar-refractivity contribution in [2.75, 3.05) is 19.6 Å². The lowest BCUT2D eigenvalue weighted by molar-refractivity contribution is -0.145. The molecule has 4 N–H and O–H groups in total. The number of aromatic nitrogens is 2. The summed E-state index contributed by atoms with van der Waals surface area (Å²) in [6.45, 7) is 15.1. The van der Waals surface area contributed by atoms with Crippen molar-refractivity contribution >= 4 is 35.3 Å². The second-order valence-corrected chi connectivity index (χ2v) is 14.5. The molecule has 2 unspecified atom stereocenters. The average Bonchev–Trinajstić information content (AvgIpc) is 3.87. The van der Waals surface area contributed by atoms with Crippen LogP contribution in [-0.2, 0) is 24.0 Å². The van der Waals surface area contributed by atoms with Crippen molar-refractivity contribution in [1.29, 1.82) is 0 Å². The van der Waals surface area contributed by atoms with Gasteiger partial charge in [-0.3, -0.25) is 33.8 Å². The van der Waals surface area contributed by atoms with Crippen molar-refractivity contribution in [3.8, 4) is 0 Å². The molecule has 0 bridgehead atoms. The number of unbranched alkanes of at least 4 members (excludes halogenated alkanes) is 1. The minimum atomic E-state index is -0.991. The minimum absolute atomic E-state index is 0.0217. The zero-order valence-corrected chi connectivity index (χ0v) is 33.1. The number of amides is 5. The summed E-state index contributed by atoms with van der Waals surface area (Å²) in [5, 5.41) is 10.4. The molecule has 0 radical (unpaired) electrons. The lowest BCUT2D eigenvalue weighted by Crippen LogP contribution is -2.59. The van der Waals surface area contributed by atoms with Crippen molar-refractivity contribution in [2.24, 2.45) is 11.3 Å². The first kappa shape index (κ1) is 46.1. The van der Waals surface area contributed by atoms with Crippen molar-refractivity contribution in [2.45, 2.75) is 157 Å². The van der Waals surface area contributed by atoms with Gasteiger partial charge in [-0.25, -0.2) is 4.98 Å². The molecule has 1 aromatic rings. The normalized spacial score (nSPS) is 18.3. The van der Waals surface area contributed by atoms with Crippen LogP contribution in [0.15, 0.2) is 18.6 Å². The first-order valence-corrected chi connectivity index (χ1v) is 19.6. The first-order chi connectivity index (χ1) is 24.8. The Kier molecular flexibility index (Phi) is 22.3. The molecule has 3 aliphatic rings. The van der Waals surface area contributed by atoms with Crippen LogP contribution in [0.2, 0.25) is 0 Å². The molecular formula is C39H67N7O6. The molecular weight excluding hydrogens is 662 g/mol. The van der Waals surface area contributed by atoms with E-state index in [-0.39, 0.29) is 24.2 Å². The SMILES string of the molecule is C1CCCCC1.CC.CCC.CCCC[C@H]1CCN(C(=O)C(NC(=O)CNC(=O)c2cnccn2)C(C)(C)C)C1C(=O)NCC(=O)C(=O)NC1CC1. The molecule has 2 saturated carbocycles. The molecule has 52 heavy (non-hydrogen) atoms. The molecule has 1 aliphatic heterocycles. The van der Waals surface area contributed by atoms with Gasteiger partial charge in [0.05, 0.1) is 19.3 Å². The van der Waals surface area contributed by atoms with E-state index in [0.29, 0.717) is 13.0 Å². The van der Waals surface area contributed by atoms with E-state index >= 15 is 0 Å². The summed E-state index contributed by atoms with van der Waals surface area (Å²) in [5.41, 5.74) is -0.669. The van der Waals surface area contributed by atoms with Crippen LogP contribution in [-0.4, -0.2) is 87.9 Å². The molecule has 0 aromatic carbocycles. The van der Waals surface area contributed by atoms with Crippen molar-refractivity contribution < 1.29 is 28.8 Å². The van der Waals surface area contributed by atoms with Gasteiger partial charge in [0.25, 0.3) is 11.8 Å². The van der Waals surface area contributed by atoms with E-state index in [2.05, 4.69) is 45.1 Å². The number of carbonyl (C=O) groups excluding carboxylic acids is 6. The van der Waals surface area contributed by atoms with Crippen molar-refractivity contribution in [1.82, 2.24) is 36.1 Å². The van der Waals surface area contributed by atoms with E-state index in [0.717, 1.165) is 32.1 Å². The van der Waals surface area contributed by atoms with Gasteiger partial charge in [0, 0.05) is 25.0 Å². The lowest BCUT2D eigenvalue weighted by atomic mass is 9.85. The summed E-state index contributed by atoms with van der Waals surface area (Å²) < 4.78 is 0. The topological polar surface area (TPSA) is 180 Å². The highest BCUT2D eigenvalue weighted by molar-refractivity contribution is 6.37. The van der Waals surface area contributed by atoms with Gasteiger partial charge in [-0.05, 0) is 37.0 Å². The van der Waals surface area contributed by atoms with Crippen LogP contribution in [0.5, 0.6) is 0 Å². The van der Waals surface area contributed by atoms with E-state index in [4.69, 9.17) is 0 Å². The predicted octanol–water partition coefficient (Wildman–Crippen LogP) is 4.89. The Morgan fingerprint density at radius 1 is 0.865 bits per heavy atom. The Bertz CT molecular complexity index is 1230. The highest BCUT2D eigenvalue weighted by atomic mass is 16.2. The first-order valence-electron chi connectivity index (χ1n) is 19.6. The number of hydrogen-bond donors (Lipinski definition) is 4. The van der Waals surface area contributed by atoms with E-state index in [1.54, 1.807) is 20.8 Å². The van der Waals surface area contributed by atoms with Crippen LogP contribution in [0.1, 0.15) is 149 Å². The molecule has 2 aliphatic carbocycles. The summed E-state index contributed by atoms with van der Waals surface area (Å²) in [6, 6.07) is -1.81. The summed E-state index contributed by atoms with van der Waals surface area (Å²) in [5.74, 6) is -3.68. The monoisotopic (exact) mass is 730 g/mol. The van der Waals surface area contributed by atoms with Crippen molar-refractivity contribution in [3.05, 3.63) is 24.3 Å². The Morgan fingerprint density at radius 3 is 1.96 bits per heavy atom. The quantitative estimate of drug-likeness (QED) is 0.207. The largest absolute Gasteiger partial charge is 0.347 e. The fourth-order valence-electron chi connectivity index (χ4n) is 5.83. The van der Waals surface area contributed by atoms with E-state index in [1.807, 2.05) is 20.8 Å². The molecule has 294 valence electrons. The zero-order valence-electron chi connectivity index (χ0n) is 33.1. The standard InChI is InChI=1S/C28H41N7O6.C6H12.C3H8.C2H6/c1-5-6-7-17-10-13-35(22(17)26(40)31-15-20(36)25(39)33-18-8-9-18)27(41)23(28(2,3)4)34-21(37)16-32-24(38)19-14-29-11-12-30-19;1-2-4-6-5-3-1;1-3-2;1-2/h11-12,14,17-18,22-23H,5-10,13,15-16H2,1-4H3,(H,31,40)(H,32,38)(H,33,39)(H,34,37);1-6H2;3H2,1-2H3;1-2H3/t17-,22?,23?;;;/m0.../s1. The molecule has 5 amide bonds. The van der Waals surface area contributed by atoms with Gasteiger partial charge in [-0.2, -0.15) is 0 Å². The second-order valence-electron chi connectivity index (χ2n) is 14.5. The molecule has 4 rings (SSSR count). The third-order valence-electron chi connectivity index (χ3n) is 8.72. The van der Waals surface area contributed by atoms with Gasteiger partial charge in [-0.15, -0.1) is 0 Å². The number of nitrogens with one attached hydrogen (secondary N) is 4. The third-order valence-corrected chi connectivity index (χ3v) is 8.72. The van der Waals surface area contributed by atoms with Crippen LogP contribution in [0.4, 0.5) is 0 Å². The molecule has 0 spiro atoms. The Hall–Kier alpha value is -3.90. The average molecular weight is 730 g/mol. The van der Waals surface area contributed by atoms with Gasteiger partial charge < -0.3 is 26.2 Å². The number of hydrogen-bond acceptors (Lipinski definition) is 8. The summed E-state index contributed by atoms with van der Waals surface area (Å²) in [6.07, 6.45) is 19.1. The van der Waals surface area contributed by atoms with Crippen LogP contribution in [0.3, 0.4) is 0 Å². The van der Waals surface area contributed by atoms with E-state index in [9.17, 15) is 28.8 Å². The summed E-state index contributed by atoms with van der Waals surface area (Å²) in [4.78, 5) is 85.8. The van der Waals surface area contributed by atoms with Gasteiger partial charge in [0.1, 0.15) is 17.8 Å². The van der Waals surface area contributed by atoms with Crippen LogP contribution in [0, 0.1) is 11.3 Å². The predicted molar refractivity (Wildman–Crippen MR) is 203 cm³/mol. The van der Waals surface area contributed by atoms with Gasteiger partial charge in [0.15, 0.2) is 0 Å². The smallest absolute Gasteiger partial charge is 0.289 e. The zero-order chi connectivity index (χ0) is 39.1. The fraction of sp³-hybridized carbons (Fsp3) is 0.744. The maximum atomic E-state index is 13.9. The number of nitrogens with zero attached hydrogens (tertiary/aromatic N) is 3. The Labute approximate surface area is 312 Å². The molecule has 13 heteroatoms. The Morgan fingerprint density at radius 2 is 1.46 bits per heavy atom. The highest BCUT2D eigenvalue weighted by Crippen LogP contribution is 2.32. The van der Waals surface area contributed by atoms with Crippen LogP contribution < -0.4 is 21.3 Å². The van der Waals surface area contributed by atoms with Crippen LogP contribution in [0.25, 0.3) is 0 Å². The molecule has 3 atom stereocenters. The molecule has 3 fully saturated rings. The number of Topliss-reactive ketones (excluding diaryl/α,β-unsaturated/α-hetero) is 1.